The maximum absolute atomic E-state index is 11.5. The molecule has 0 spiro atoms. The van der Waals surface area contributed by atoms with Crippen molar-refractivity contribution in [1.29, 1.82) is 0 Å². The lowest BCUT2D eigenvalue weighted by Gasteiger charge is -2.21. The largest absolute Gasteiger partial charge is 0.507 e. The molecular formula is C47H40N4O. The van der Waals surface area contributed by atoms with Crippen LogP contribution >= 0.6 is 0 Å². The first-order chi connectivity index (χ1) is 25.2. The minimum Gasteiger partial charge on any atom is -0.507 e. The number of phenolic OH excluding ortho intramolecular Hbond substituents is 1. The van der Waals surface area contributed by atoms with Gasteiger partial charge in [0.25, 0.3) is 0 Å². The predicted molar refractivity (Wildman–Crippen MR) is 214 cm³/mol. The van der Waals surface area contributed by atoms with E-state index >= 15 is 0 Å². The third-order valence-electron chi connectivity index (χ3n) is 9.90. The Kier molecular flexibility index (Phi) is 8.27. The van der Waals surface area contributed by atoms with Crippen LogP contribution in [0.3, 0.4) is 0 Å². The molecule has 0 fully saturated rings. The van der Waals surface area contributed by atoms with Gasteiger partial charge in [0.1, 0.15) is 17.1 Å². The van der Waals surface area contributed by atoms with Crippen molar-refractivity contribution in [2.75, 3.05) is 0 Å². The van der Waals surface area contributed by atoms with E-state index in [9.17, 15) is 5.11 Å². The summed E-state index contributed by atoms with van der Waals surface area (Å²) in [4.78, 5) is 15.1. The molecule has 0 unspecified atom stereocenters. The third kappa shape index (κ3) is 6.05. The first-order valence-corrected chi connectivity index (χ1v) is 17.6. The van der Waals surface area contributed by atoms with Crippen molar-refractivity contribution in [2.24, 2.45) is 7.05 Å². The molecule has 254 valence electrons. The van der Waals surface area contributed by atoms with Gasteiger partial charge in [0, 0.05) is 30.6 Å². The first kappa shape index (κ1) is 32.9. The van der Waals surface area contributed by atoms with Crippen LogP contribution in [0.25, 0.3) is 78.3 Å². The fraction of sp³-hybridized carbons (Fsp3) is 0.128. The minimum absolute atomic E-state index is 0.221. The van der Waals surface area contributed by atoms with Crippen LogP contribution in [0.5, 0.6) is 5.75 Å². The summed E-state index contributed by atoms with van der Waals surface area (Å²) in [6.07, 6.45) is 3.80. The SMILES string of the molecule is Cc1cnc(-c2cc(-c3ccccc3)cc(-c3nccc4c3nc(-c3cccc(C(C)(C)C)c3O)n4C)c2)cc1-c1ccc(-c2ccccc2)cc1. The van der Waals surface area contributed by atoms with Crippen LogP contribution in [-0.4, -0.2) is 24.6 Å². The van der Waals surface area contributed by atoms with Gasteiger partial charge < -0.3 is 9.67 Å². The molecule has 0 amide bonds. The molecule has 0 saturated carbocycles. The Hall–Kier alpha value is -6.33. The summed E-state index contributed by atoms with van der Waals surface area (Å²) in [5, 5.41) is 11.5. The zero-order valence-corrected chi connectivity index (χ0v) is 30.1. The number of aromatic nitrogens is 4. The second kappa shape index (κ2) is 13.1. The first-order valence-electron chi connectivity index (χ1n) is 17.6. The van der Waals surface area contributed by atoms with Gasteiger partial charge in [0.2, 0.25) is 0 Å². The van der Waals surface area contributed by atoms with Crippen LogP contribution < -0.4 is 0 Å². The van der Waals surface area contributed by atoms with Crippen LogP contribution in [0.4, 0.5) is 0 Å². The van der Waals surface area contributed by atoms with E-state index in [0.29, 0.717) is 11.4 Å². The Balaban J connectivity index is 1.27. The Morgan fingerprint density at radius 3 is 1.88 bits per heavy atom. The van der Waals surface area contributed by atoms with Crippen LogP contribution in [0, 0.1) is 6.92 Å². The summed E-state index contributed by atoms with van der Waals surface area (Å²) in [5.41, 5.74) is 14.6. The molecule has 0 aliphatic carbocycles. The highest BCUT2D eigenvalue weighted by molar-refractivity contribution is 5.94. The molecule has 0 bridgehead atoms. The maximum Gasteiger partial charge on any atom is 0.144 e. The number of hydrogen-bond donors (Lipinski definition) is 1. The summed E-state index contributed by atoms with van der Waals surface area (Å²) in [6.45, 7) is 8.43. The molecule has 3 heterocycles. The molecule has 0 saturated heterocycles. The molecule has 52 heavy (non-hydrogen) atoms. The number of pyridine rings is 2. The van der Waals surface area contributed by atoms with E-state index < -0.39 is 0 Å². The van der Waals surface area contributed by atoms with Gasteiger partial charge >= 0.3 is 0 Å². The topological polar surface area (TPSA) is 63.8 Å². The van der Waals surface area contributed by atoms with E-state index in [4.69, 9.17) is 15.0 Å². The molecule has 5 nitrogen and oxygen atoms in total. The van der Waals surface area contributed by atoms with Crippen molar-refractivity contribution < 1.29 is 5.11 Å². The highest BCUT2D eigenvalue weighted by atomic mass is 16.3. The van der Waals surface area contributed by atoms with E-state index in [1.54, 1.807) is 0 Å². The van der Waals surface area contributed by atoms with Crippen LogP contribution in [-0.2, 0) is 12.5 Å². The molecule has 5 heteroatoms. The zero-order valence-electron chi connectivity index (χ0n) is 30.1. The van der Waals surface area contributed by atoms with E-state index in [0.717, 1.165) is 66.9 Å². The van der Waals surface area contributed by atoms with Gasteiger partial charge in [-0.05, 0) is 93.2 Å². The van der Waals surface area contributed by atoms with Crippen LogP contribution in [0.15, 0.2) is 146 Å². The molecule has 1 N–H and O–H groups in total. The van der Waals surface area contributed by atoms with Gasteiger partial charge in [-0.2, -0.15) is 0 Å². The van der Waals surface area contributed by atoms with Crippen LogP contribution in [0.2, 0.25) is 0 Å². The highest BCUT2D eigenvalue weighted by Crippen LogP contribution is 2.41. The van der Waals surface area contributed by atoms with Gasteiger partial charge in [-0.25, -0.2) is 4.98 Å². The number of imidazole rings is 1. The fourth-order valence-electron chi connectivity index (χ4n) is 7.08. The van der Waals surface area contributed by atoms with Gasteiger partial charge in [0.15, 0.2) is 0 Å². The number of rotatable bonds is 6. The summed E-state index contributed by atoms with van der Waals surface area (Å²) in [5.74, 6) is 0.947. The molecule has 0 aliphatic rings. The Labute approximate surface area is 305 Å². The number of aryl methyl sites for hydroxylation is 2. The summed E-state index contributed by atoms with van der Waals surface area (Å²) in [6, 6.07) is 46.3. The van der Waals surface area contributed by atoms with Crippen molar-refractivity contribution in [3.8, 4) is 73.0 Å². The molecular weight excluding hydrogens is 637 g/mol. The van der Waals surface area contributed by atoms with E-state index in [1.807, 2.05) is 60.4 Å². The van der Waals surface area contributed by atoms with Gasteiger partial charge in [0.05, 0.1) is 22.5 Å². The highest BCUT2D eigenvalue weighted by Gasteiger charge is 2.24. The van der Waals surface area contributed by atoms with Crippen LogP contribution in [0.1, 0.15) is 31.9 Å². The molecule has 5 aromatic carbocycles. The number of phenols is 1. The maximum atomic E-state index is 11.5. The number of nitrogens with zero attached hydrogens (tertiary/aromatic N) is 4. The van der Waals surface area contributed by atoms with E-state index in [1.165, 1.54) is 11.1 Å². The smallest absolute Gasteiger partial charge is 0.144 e. The molecule has 8 aromatic rings. The number of para-hydroxylation sites is 1. The average Bonchev–Trinajstić information content (AvgIpc) is 3.51. The molecule has 0 radical (unpaired) electrons. The van der Waals surface area contributed by atoms with Gasteiger partial charge in [-0.15, -0.1) is 0 Å². The number of fused-ring (bicyclic) bond motifs is 1. The van der Waals surface area contributed by atoms with E-state index in [-0.39, 0.29) is 11.2 Å². The fourth-order valence-corrected chi connectivity index (χ4v) is 7.08. The quantitative estimate of drug-likeness (QED) is 0.190. The number of aromatic hydroxyl groups is 1. The lowest BCUT2D eigenvalue weighted by molar-refractivity contribution is 0.448. The second-order valence-corrected chi connectivity index (χ2v) is 14.5. The molecule has 3 aromatic heterocycles. The van der Waals surface area contributed by atoms with E-state index in [2.05, 4.69) is 125 Å². The normalized spacial score (nSPS) is 11.6. The van der Waals surface area contributed by atoms with Crippen molar-refractivity contribution in [1.82, 2.24) is 19.5 Å². The predicted octanol–water partition coefficient (Wildman–Crippen LogP) is 11.7. The lowest BCUT2D eigenvalue weighted by atomic mass is 9.85. The van der Waals surface area contributed by atoms with Gasteiger partial charge in [-0.3, -0.25) is 9.97 Å². The second-order valence-electron chi connectivity index (χ2n) is 14.5. The van der Waals surface area contributed by atoms with Crippen molar-refractivity contribution in [2.45, 2.75) is 33.1 Å². The van der Waals surface area contributed by atoms with Crippen molar-refractivity contribution in [3.63, 3.8) is 0 Å². The Morgan fingerprint density at radius 2 is 1.19 bits per heavy atom. The number of benzene rings is 5. The molecule has 0 aliphatic heterocycles. The van der Waals surface area contributed by atoms with Crippen molar-refractivity contribution >= 4 is 11.0 Å². The number of hydrogen-bond acceptors (Lipinski definition) is 4. The zero-order chi connectivity index (χ0) is 36.0. The molecule has 8 rings (SSSR count). The monoisotopic (exact) mass is 676 g/mol. The average molecular weight is 677 g/mol. The Bertz CT molecular complexity index is 2560. The van der Waals surface area contributed by atoms with Gasteiger partial charge in [-0.1, -0.05) is 118 Å². The molecule has 0 atom stereocenters. The minimum atomic E-state index is -0.221. The summed E-state index contributed by atoms with van der Waals surface area (Å²) in [7, 11) is 1.99. The summed E-state index contributed by atoms with van der Waals surface area (Å²) >= 11 is 0. The lowest BCUT2D eigenvalue weighted by Crippen LogP contribution is -2.11. The third-order valence-corrected chi connectivity index (χ3v) is 9.90. The summed E-state index contributed by atoms with van der Waals surface area (Å²) < 4.78 is 2.04. The standard InChI is InChI=1S/C47H40N4O/c1-30-29-49-41(28-39(30)34-21-19-33(20-22-34)31-13-8-6-9-14-31)36-25-35(32-15-10-7-11-16-32)26-37(27-36)43-44-42(23-24-48-43)51(5)46(50-44)38-17-12-18-40(45(38)52)47(2,3)4/h6-29,52H,1-5H3. The van der Waals surface area contributed by atoms with Crippen molar-refractivity contribution in [3.05, 3.63) is 157 Å². The Morgan fingerprint density at radius 1 is 0.577 bits per heavy atom.